The largest absolute Gasteiger partial charge is 0.506 e. The van der Waals surface area contributed by atoms with E-state index in [0.717, 1.165) is 28.9 Å². The number of aromatic nitrogens is 3. The van der Waals surface area contributed by atoms with Gasteiger partial charge >= 0.3 is 0 Å². The smallest absolute Gasteiger partial charge is 0.280 e. The van der Waals surface area contributed by atoms with Gasteiger partial charge in [0.05, 0.1) is 28.6 Å². The summed E-state index contributed by atoms with van der Waals surface area (Å²) < 4.78 is 28.1. The van der Waals surface area contributed by atoms with Gasteiger partial charge < -0.3 is 10.4 Å². The van der Waals surface area contributed by atoms with Crippen molar-refractivity contribution >= 4 is 22.9 Å². The Morgan fingerprint density at radius 2 is 1.90 bits per heavy atom. The number of hydrogen-bond acceptors (Lipinski definition) is 6. The summed E-state index contributed by atoms with van der Waals surface area (Å²) in [5, 5.41) is 27.0. The number of nitrogens with one attached hydrogen (secondary N) is 1. The van der Waals surface area contributed by atoms with Crippen LogP contribution in [0.5, 0.6) is 5.75 Å². The van der Waals surface area contributed by atoms with Gasteiger partial charge in [-0.15, -0.1) is 0 Å². The van der Waals surface area contributed by atoms with Gasteiger partial charge in [-0.2, -0.15) is 5.10 Å². The summed E-state index contributed by atoms with van der Waals surface area (Å²) in [7, 11) is 0. The van der Waals surface area contributed by atoms with E-state index in [9.17, 15) is 28.8 Å². The average Bonchev–Trinajstić information content (AvgIpc) is 3.19. The van der Waals surface area contributed by atoms with Gasteiger partial charge in [0, 0.05) is 11.6 Å². The summed E-state index contributed by atoms with van der Waals surface area (Å²) in [5.74, 6) is -1.30. The normalized spacial score (nSPS) is 11.1. The highest BCUT2D eigenvalue weighted by molar-refractivity contribution is 6.08. The van der Waals surface area contributed by atoms with Crippen molar-refractivity contribution < 1.29 is 23.6 Å². The zero-order chi connectivity index (χ0) is 22.1. The maximum absolute atomic E-state index is 13.6. The van der Waals surface area contributed by atoms with Crippen molar-refractivity contribution in [2.24, 2.45) is 0 Å². The van der Waals surface area contributed by atoms with Crippen LogP contribution in [-0.2, 0) is 0 Å². The lowest BCUT2D eigenvalue weighted by atomic mass is 10.1. The van der Waals surface area contributed by atoms with Crippen LogP contribution in [-0.4, -0.2) is 30.5 Å². The summed E-state index contributed by atoms with van der Waals surface area (Å²) in [6, 6.07) is 12.9. The molecular weight excluding hydrogens is 412 g/mol. The molecule has 0 aliphatic carbocycles. The van der Waals surface area contributed by atoms with Crippen LogP contribution in [0.3, 0.4) is 0 Å². The number of carbonyl (C=O) groups is 1. The highest BCUT2D eigenvalue weighted by Crippen LogP contribution is 2.30. The third kappa shape index (κ3) is 3.75. The number of phenols is 1. The van der Waals surface area contributed by atoms with Crippen LogP contribution in [0.2, 0.25) is 0 Å². The number of nitro groups is 1. The van der Waals surface area contributed by atoms with Crippen LogP contribution < -0.4 is 5.32 Å². The van der Waals surface area contributed by atoms with Gasteiger partial charge in [-0.25, -0.2) is 18.3 Å². The Bertz CT molecular complexity index is 1310. The van der Waals surface area contributed by atoms with E-state index in [0.29, 0.717) is 5.56 Å². The summed E-state index contributed by atoms with van der Waals surface area (Å²) in [4.78, 5) is 27.2. The number of amides is 1. The van der Waals surface area contributed by atoms with Crippen LogP contribution in [0.4, 0.5) is 20.2 Å². The van der Waals surface area contributed by atoms with Crippen LogP contribution >= 0.6 is 0 Å². The van der Waals surface area contributed by atoms with Crippen LogP contribution in [0, 0.1) is 10.1 Å². The first kappa shape index (κ1) is 19.9. The minimum Gasteiger partial charge on any atom is -0.506 e. The van der Waals surface area contributed by atoms with Gasteiger partial charge in [0.1, 0.15) is 17.0 Å². The number of phenolic OH excluding ortho intramolecular Hbond substituents is 1. The molecule has 0 fully saturated rings. The molecule has 2 aromatic heterocycles. The van der Waals surface area contributed by atoms with Crippen LogP contribution in [0.15, 0.2) is 60.8 Å². The Kier molecular flexibility index (Phi) is 4.99. The molecular formula is C20H13F2N5O4. The molecule has 0 saturated heterocycles. The molecule has 0 aliphatic rings. The molecule has 156 valence electrons. The number of nitro benzene ring substituents is 1. The molecule has 4 aromatic rings. The van der Waals surface area contributed by atoms with Crippen molar-refractivity contribution in [1.29, 1.82) is 0 Å². The number of carbonyl (C=O) groups excluding carboxylic acids is 1. The fraction of sp³-hybridized carbons (Fsp3) is 0.0500. The predicted molar refractivity (Wildman–Crippen MR) is 106 cm³/mol. The molecule has 4 rings (SSSR count). The molecule has 2 N–H and O–H groups in total. The van der Waals surface area contributed by atoms with Crippen LogP contribution in [0.1, 0.15) is 22.5 Å². The summed E-state index contributed by atoms with van der Waals surface area (Å²) >= 11 is 0. The van der Waals surface area contributed by atoms with Gasteiger partial charge in [0.15, 0.2) is 5.65 Å². The number of hydrogen-bond donors (Lipinski definition) is 2. The van der Waals surface area contributed by atoms with E-state index in [1.165, 1.54) is 6.07 Å². The minimum absolute atomic E-state index is 0.0942. The number of fused-ring (bicyclic) bond motifs is 1. The van der Waals surface area contributed by atoms with E-state index < -0.39 is 28.7 Å². The SMILES string of the molecule is O=C(Nc1ccc([N+](=O)[O-])cc1O)c1cnn2c(C(F)F)cc(-c3ccccc3)nc12. The minimum atomic E-state index is -2.87. The number of rotatable bonds is 5. The molecule has 11 heteroatoms. The molecule has 0 spiro atoms. The van der Waals surface area contributed by atoms with Crippen molar-refractivity contribution in [2.45, 2.75) is 6.43 Å². The first-order chi connectivity index (χ1) is 14.8. The van der Waals surface area contributed by atoms with Crippen molar-refractivity contribution in [3.05, 3.63) is 82.2 Å². The highest BCUT2D eigenvalue weighted by Gasteiger charge is 2.22. The van der Waals surface area contributed by atoms with Crippen molar-refractivity contribution in [2.75, 3.05) is 5.32 Å². The van der Waals surface area contributed by atoms with Gasteiger partial charge in [0.25, 0.3) is 18.0 Å². The van der Waals surface area contributed by atoms with E-state index in [1.807, 2.05) is 0 Å². The lowest BCUT2D eigenvalue weighted by Gasteiger charge is -2.09. The molecule has 0 bridgehead atoms. The Hall–Kier alpha value is -4.41. The Morgan fingerprint density at radius 1 is 1.16 bits per heavy atom. The number of halogens is 2. The van der Waals surface area contributed by atoms with E-state index in [2.05, 4.69) is 15.4 Å². The lowest BCUT2D eigenvalue weighted by molar-refractivity contribution is -0.384. The van der Waals surface area contributed by atoms with Gasteiger partial charge in [-0.1, -0.05) is 30.3 Å². The van der Waals surface area contributed by atoms with E-state index in [1.54, 1.807) is 30.3 Å². The maximum atomic E-state index is 13.6. The third-order valence-electron chi connectivity index (χ3n) is 4.48. The Morgan fingerprint density at radius 3 is 2.55 bits per heavy atom. The van der Waals surface area contributed by atoms with Crippen molar-refractivity contribution in [1.82, 2.24) is 14.6 Å². The number of anilines is 1. The standard InChI is InChI=1S/C20H13F2N5O4/c21-18(22)16-9-15(11-4-2-1-3-5-11)24-19-13(10-23-26(16)19)20(29)25-14-7-6-12(27(30)31)8-17(14)28/h1-10,18,28H,(H,25,29). The monoisotopic (exact) mass is 425 g/mol. The van der Waals surface area contributed by atoms with E-state index in [4.69, 9.17) is 0 Å². The molecule has 0 aliphatic heterocycles. The first-order valence-electron chi connectivity index (χ1n) is 8.86. The fourth-order valence-electron chi connectivity index (χ4n) is 2.99. The molecule has 1 amide bonds. The van der Waals surface area contributed by atoms with Crippen molar-refractivity contribution in [3.8, 4) is 17.0 Å². The lowest BCUT2D eigenvalue weighted by Crippen LogP contribution is -2.13. The Labute approximate surface area is 172 Å². The summed E-state index contributed by atoms with van der Waals surface area (Å²) in [6.07, 6.45) is -1.79. The topological polar surface area (TPSA) is 123 Å². The van der Waals surface area contributed by atoms with E-state index in [-0.39, 0.29) is 28.3 Å². The Balaban J connectivity index is 1.76. The first-order valence-corrected chi connectivity index (χ1v) is 8.86. The van der Waals surface area contributed by atoms with Gasteiger partial charge in [0.2, 0.25) is 0 Å². The fourth-order valence-corrected chi connectivity index (χ4v) is 2.99. The van der Waals surface area contributed by atoms with Crippen LogP contribution in [0.25, 0.3) is 16.9 Å². The zero-order valence-corrected chi connectivity index (χ0v) is 15.6. The number of alkyl halides is 2. The second-order valence-corrected chi connectivity index (χ2v) is 6.44. The molecule has 0 saturated carbocycles. The zero-order valence-electron chi connectivity index (χ0n) is 15.6. The summed E-state index contributed by atoms with van der Waals surface area (Å²) in [6.45, 7) is 0. The highest BCUT2D eigenvalue weighted by atomic mass is 19.3. The molecule has 2 heterocycles. The maximum Gasteiger partial charge on any atom is 0.280 e. The predicted octanol–water partition coefficient (Wildman–Crippen LogP) is 4.20. The number of benzene rings is 2. The molecule has 31 heavy (non-hydrogen) atoms. The summed E-state index contributed by atoms with van der Waals surface area (Å²) in [5.41, 5.74) is -0.303. The van der Waals surface area contributed by atoms with Gasteiger partial charge in [-0.05, 0) is 12.1 Å². The third-order valence-corrected chi connectivity index (χ3v) is 4.48. The molecule has 0 atom stereocenters. The quantitative estimate of drug-likeness (QED) is 0.281. The number of aromatic hydroxyl groups is 1. The number of non-ortho nitro benzene ring substituents is 1. The second kappa shape index (κ2) is 7.78. The van der Waals surface area contributed by atoms with E-state index >= 15 is 0 Å². The second-order valence-electron chi connectivity index (χ2n) is 6.44. The average molecular weight is 425 g/mol. The molecule has 2 aromatic carbocycles. The number of nitrogens with zero attached hydrogens (tertiary/aromatic N) is 4. The van der Waals surface area contributed by atoms with Crippen molar-refractivity contribution in [3.63, 3.8) is 0 Å². The van der Waals surface area contributed by atoms with Gasteiger partial charge in [-0.3, -0.25) is 14.9 Å². The molecule has 0 radical (unpaired) electrons. The molecule has 0 unspecified atom stereocenters. The molecule has 9 nitrogen and oxygen atoms in total.